The number of ether oxygens (including phenoxy) is 3. The monoisotopic (exact) mass is 443 g/mol. The molecule has 0 saturated carbocycles. The molecule has 0 spiro atoms. The van der Waals surface area contributed by atoms with E-state index in [9.17, 15) is 9.59 Å². The molecule has 2 aromatic carbocycles. The highest BCUT2D eigenvalue weighted by atomic mass is 35.5. The molecule has 1 atom stereocenters. The van der Waals surface area contributed by atoms with E-state index in [4.69, 9.17) is 25.8 Å². The van der Waals surface area contributed by atoms with Gasteiger partial charge in [-0.3, -0.25) is 9.59 Å². The molecule has 0 fully saturated rings. The number of hydrogen-bond donors (Lipinski definition) is 1. The summed E-state index contributed by atoms with van der Waals surface area (Å²) in [6, 6.07) is 11.7. The molecule has 1 amide bonds. The van der Waals surface area contributed by atoms with Crippen molar-refractivity contribution in [3.8, 4) is 17.2 Å². The van der Waals surface area contributed by atoms with Crippen LogP contribution < -0.4 is 14.8 Å². The highest BCUT2D eigenvalue weighted by Crippen LogP contribution is 2.31. The van der Waals surface area contributed by atoms with Crippen LogP contribution in [0.4, 0.5) is 0 Å². The van der Waals surface area contributed by atoms with Gasteiger partial charge in [0.05, 0.1) is 56.3 Å². The van der Waals surface area contributed by atoms with Crippen molar-refractivity contribution < 1.29 is 23.8 Å². The number of halogens is 1. The first kappa shape index (κ1) is 22.2. The van der Waals surface area contributed by atoms with Crippen LogP contribution in [0.15, 0.2) is 54.9 Å². The Morgan fingerprint density at radius 1 is 1.10 bits per heavy atom. The number of carbonyl (C=O) groups is 2. The van der Waals surface area contributed by atoms with Crippen LogP contribution in [0.25, 0.3) is 5.69 Å². The number of esters is 1. The van der Waals surface area contributed by atoms with Crippen LogP contribution in [0.1, 0.15) is 28.4 Å². The van der Waals surface area contributed by atoms with Gasteiger partial charge in [-0.25, -0.2) is 4.68 Å². The van der Waals surface area contributed by atoms with Crippen molar-refractivity contribution in [3.63, 3.8) is 0 Å². The first-order valence-corrected chi connectivity index (χ1v) is 9.73. The lowest BCUT2D eigenvalue weighted by Crippen LogP contribution is -2.30. The fourth-order valence-corrected chi connectivity index (χ4v) is 3.25. The number of amides is 1. The summed E-state index contributed by atoms with van der Waals surface area (Å²) in [4.78, 5) is 24.9. The summed E-state index contributed by atoms with van der Waals surface area (Å²) in [5.74, 6) is 0.153. The fourth-order valence-electron chi connectivity index (χ4n) is 3.02. The SMILES string of the molecule is COC(=O)CC(NC(=O)c1cnn(-c2ccccc2Cl)c1)c1ccc(OC)c(OC)c1. The molecule has 1 aromatic heterocycles. The largest absolute Gasteiger partial charge is 0.493 e. The number of hydrogen-bond acceptors (Lipinski definition) is 6. The van der Waals surface area contributed by atoms with E-state index in [1.165, 1.54) is 32.2 Å². The molecular formula is C22H22ClN3O5. The van der Waals surface area contributed by atoms with Crippen LogP contribution in [0.2, 0.25) is 5.02 Å². The molecule has 1 N–H and O–H groups in total. The molecule has 31 heavy (non-hydrogen) atoms. The van der Waals surface area contributed by atoms with E-state index in [2.05, 4.69) is 10.4 Å². The zero-order valence-electron chi connectivity index (χ0n) is 17.3. The molecule has 9 heteroatoms. The highest BCUT2D eigenvalue weighted by Gasteiger charge is 2.22. The molecule has 3 rings (SSSR count). The normalized spacial score (nSPS) is 11.5. The molecule has 0 aliphatic heterocycles. The number of carbonyl (C=O) groups excluding carboxylic acids is 2. The molecular weight excluding hydrogens is 422 g/mol. The minimum absolute atomic E-state index is 0.0592. The first-order chi connectivity index (χ1) is 15.0. The van der Waals surface area contributed by atoms with E-state index < -0.39 is 17.9 Å². The maximum Gasteiger partial charge on any atom is 0.307 e. The molecule has 162 valence electrons. The third-order valence-electron chi connectivity index (χ3n) is 4.66. The Kier molecular flexibility index (Phi) is 7.15. The Hall–Kier alpha value is -3.52. The van der Waals surface area contributed by atoms with Gasteiger partial charge in [0.15, 0.2) is 11.5 Å². The van der Waals surface area contributed by atoms with E-state index in [-0.39, 0.29) is 6.42 Å². The van der Waals surface area contributed by atoms with Crippen molar-refractivity contribution in [2.24, 2.45) is 0 Å². The quantitative estimate of drug-likeness (QED) is 0.535. The second kappa shape index (κ2) is 9.99. The summed E-state index contributed by atoms with van der Waals surface area (Å²) in [6.07, 6.45) is 2.94. The van der Waals surface area contributed by atoms with Gasteiger partial charge in [-0.1, -0.05) is 29.8 Å². The molecule has 8 nitrogen and oxygen atoms in total. The second-order valence-corrected chi connectivity index (χ2v) is 6.95. The predicted molar refractivity (Wildman–Crippen MR) is 115 cm³/mol. The van der Waals surface area contributed by atoms with E-state index in [1.807, 2.05) is 12.1 Å². The number of para-hydroxylation sites is 1. The van der Waals surface area contributed by atoms with Crippen molar-refractivity contribution in [2.45, 2.75) is 12.5 Å². The lowest BCUT2D eigenvalue weighted by molar-refractivity contribution is -0.141. The van der Waals surface area contributed by atoms with Crippen LogP contribution in [0, 0.1) is 0 Å². The average molecular weight is 444 g/mol. The number of rotatable bonds is 8. The first-order valence-electron chi connectivity index (χ1n) is 9.36. The van der Waals surface area contributed by atoms with Gasteiger partial charge in [-0.05, 0) is 29.8 Å². The molecule has 3 aromatic rings. The third kappa shape index (κ3) is 5.16. The van der Waals surface area contributed by atoms with Crippen molar-refractivity contribution in [1.29, 1.82) is 0 Å². The van der Waals surface area contributed by atoms with Gasteiger partial charge in [0.1, 0.15) is 0 Å². The van der Waals surface area contributed by atoms with Gasteiger partial charge in [-0.2, -0.15) is 5.10 Å². The number of nitrogens with one attached hydrogen (secondary N) is 1. The minimum Gasteiger partial charge on any atom is -0.493 e. The van der Waals surface area contributed by atoms with Gasteiger partial charge in [0.25, 0.3) is 5.91 Å². The molecule has 0 saturated heterocycles. The van der Waals surface area contributed by atoms with Crippen molar-refractivity contribution in [3.05, 3.63) is 71.0 Å². The Bertz CT molecular complexity index is 1080. The lowest BCUT2D eigenvalue weighted by atomic mass is 10.0. The molecule has 0 bridgehead atoms. The van der Waals surface area contributed by atoms with Crippen LogP contribution in [0.5, 0.6) is 11.5 Å². The van der Waals surface area contributed by atoms with Crippen molar-refractivity contribution in [2.75, 3.05) is 21.3 Å². The van der Waals surface area contributed by atoms with Gasteiger partial charge < -0.3 is 19.5 Å². The standard InChI is InChI=1S/C22H22ClN3O5/c1-29-19-9-8-14(10-20(19)30-2)17(11-21(27)31-3)25-22(28)15-12-24-26(13-15)18-7-5-4-6-16(18)23/h4-10,12-13,17H,11H2,1-3H3,(H,25,28). The van der Waals surface area contributed by atoms with E-state index in [1.54, 1.807) is 36.5 Å². The minimum atomic E-state index is -0.650. The highest BCUT2D eigenvalue weighted by molar-refractivity contribution is 6.32. The number of methoxy groups -OCH3 is 3. The van der Waals surface area contributed by atoms with Crippen LogP contribution in [-0.2, 0) is 9.53 Å². The molecule has 0 aliphatic rings. The number of benzene rings is 2. The van der Waals surface area contributed by atoms with E-state index >= 15 is 0 Å². The summed E-state index contributed by atoms with van der Waals surface area (Å²) in [7, 11) is 4.34. The molecule has 1 unspecified atom stereocenters. The van der Waals surface area contributed by atoms with Gasteiger partial charge in [0, 0.05) is 6.20 Å². The zero-order valence-corrected chi connectivity index (χ0v) is 18.1. The summed E-state index contributed by atoms with van der Waals surface area (Å²) < 4.78 is 16.9. The Morgan fingerprint density at radius 3 is 2.52 bits per heavy atom. The van der Waals surface area contributed by atoms with E-state index in [0.717, 1.165) is 0 Å². The zero-order chi connectivity index (χ0) is 22.4. The third-order valence-corrected chi connectivity index (χ3v) is 4.98. The number of aromatic nitrogens is 2. The maximum absolute atomic E-state index is 12.9. The predicted octanol–water partition coefficient (Wildman–Crippen LogP) is 3.58. The van der Waals surface area contributed by atoms with Gasteiger partial charge in [0.2, 0.25) is 0 Å². The summed E-state index contributed by atoms with van der Waals surface area (Å²) in [5, 5.41) is 7.59. The Labute approximate surface area is 184 Å². The van der Waals surface area contributed by atoms with E-state index in [0.29, 0.717) is 33.3 Å². The summed E-state index contributed by atoms with van der Waals surface area (Å²) in [6.45, 7) is 0. The van der Waals surface area contributed by atoms with Crippen molar-refractivity contribution >= 4 is 23.5 Å². The number of nitrogens with zero attached hydrogens (tertiary/aromatic N) is 2. The molecule has 0 radical (unpaired) electrons. The second-order valence-electron chi connectivity index (χ2n) is 6.55. The van der Waals surface area contributed by atoms with Gasteiger partial charge in [-0.15, -0.1) is 0 Å². The average Bonchev–Trinajstić information content (AvgIpc) is 3.28. The Balaban J connectivity index is 1.86. The van der Waals surface area contributed by atoms with Crippen LogP contribution >= 0.6 is 11.6 Å². The smallest absolute Gasteiger partial charge is 0.307 e. The van der Waals surface area contributed by atoms with Gasteiger partial charge >= 0.3 is 5.97 Å². The van der Waals surface area contributed by atoms with Crippen molar-refractivity contribution in [1.82, 2.24) is 15.1 Å². The van der Waals surface area contributed by atoms with Crippen LogP contribution in [0.3, 0.4) is 0 Å². The lowest BCUT2D eigenvalue weighted by Gasteiger charge is -2.19. The molecule has 0 aliphatic carbocycles. The molecule has 1 heterocycles. The summed E-state index contributed by atoms with van der Waals surface area (Å²) >= 11 is 6.20. The topological polar surface area (TPSA) is 91.7 Å². The van der Waals surface area contributed by atoms with Crippen LogP contribution in [-0.4, -0.2) is 43.0 Å². The fraction of sp³-hybridized carbons (Fsp3) is 0.227. The Morgan fingerprint density at radius 2 is 1.84 bits per heavy atom. The summed E-state index contributed by atoms with van der Waals surface area (Å²) in [5.41, 5.74) is 1.62. The maximum atomic E-state index is 12.9.